The summed E-state index contributed by atoms with van der Waals surface area (Å²) in [4.78, 5) is 33.0. The molecule has 0 radical (unpaired) electrons. The molecule has 0 saturated carbocycles. The van der Waals surface area contributed by atoms with Gasteiger partial charge in [0.05, 0.1) is 60.1 Å². The number of likely N-dealkylation sites (tertiary alicyclic amines) is 1. The third kappa shape index (κ3) is 4.99. The molecule has 12 heteroatoms. The number of thiazole rings is 1. The fraction of sp³-hybridized carbons (Fsp3) is 0.400. The van der Waals surface area contributed by atoms with E-state index >= 15 is 0 Å². The van der Waals surface area contributed by atoms with Gasteiger partial charge in [0.1, 0.15) is 4.83 Å². The van der Waals surface area contributed by atoms with Crippen LogP contribution in [0.25, 0.3) is 26.5 Å². The SMILES string of the molecule is Cc1ncc(NC(=O)CN2CCC(C)(C)C2)cc1-c1c(-c2cnn(CCO)c2)sc2c(C(N)=O)cnn12. The molecule has 0 aromatic carbocycles. The lowest BCUT2D eigenvalue weighted by molar-refractivity contribution is -0.117. The zero-order valence-electron chi connectivity index (χ0n) is 21.1. The van der Waals surface area contributed by atoms with Crippen molar-refractivity contribution in [3.63, 3.8) is 0 Å². The number of fused-ring (bicyclic) bond motifs is 1. The predicted octanol–water partition coefficient (Wildman–Crippen LogP) is 2.39. The van der Waals surface area contributed by atoms with Gasteiger partial charge in [0, 0.05) is 29.6 Å². The molecule has 1 saturated heterocycles. The molecule has 4 aromatic heterocycles. The molecular formula is C25H30N8O3S. The van der Waals surface area contributed by atoms with Crippen LogP contribution in [-0.2, 0) is 11.3 Å². The van der Waals surface area contributed by atoms with Gasteiger partial charge in [-0.05, 0) is 31.4 Å². The normalized spacial score (nSPS) is 15.5. The van der Waals surface area contributed by atoms with Crippen LogP contribution in [0.4, 0.5) is 5.69 Å². The van der Waals surface area contributed by atoms with Gasteiger partial charge in [-0.2, -0.15) is 10.2 Å². The molecule has 5 rings (SSSR count). The number of aryl methyl sites for hydroxylation is 1. The molecule has 1 aliphatic heterocycles. The van der Waals surface area contributed by atoms with Crippen molar-refractivity contribution >= 4 is 33.7 Å². The van der Waals surface area contributed by atoms with Gasteiger partial charge in [-0.1, -0.05) is 13.8 Å². The highest BCUT2D eigenvalue weighted by Gasteiger charge is 2.30. The lowest BCUT2D eigenvalue weighted by Gasteiger charge is -2.19. The first-order chi connectivity index (χ1) is 17.6. The topological polar surface area (TPSA) is 144 Å². The van der Waals surface area contributed by atoms with E-state index in [9.17, 15) is 14.7 Å². The number of hydrogen-bond acceptors (Lipinski definition) is 8. The molecule has 2 amide bonds. The number of aromatic nitrogens is 5. The van der Waals surface area contributed by atoms with E-state index in [2.05, 4.69) is 39.2 Å². The maximum atomic E-state index is 12.8. The molecule has 1 fully saturated rings. The highest BCUT2D eigenvalue weighted by Crippen LogP contribution is 2.41. The summed E-state index contributed by atoms with van der Waals surface area (Å²) < 4.78 is 3.34. The minimum absolute atomic E-state index is 0.0345. The van der Waals surface area contributed by atoms with Crippen molar-refractivity contribution in [2.24, 2.45) is 11.1 Å². The number of carbonyl (C=O) groups is 2. The number of aliphatic hydroxyl groups is 1. The number of amides is 2. The van der Waals surface area contributed by atoms with E-state index in [1.54, 1.807) is 21.6 Å². The highest BCUT2D eigenvalue weighted by molar-refractivity contribution is 7.21. The fourth-order valence-corrected chi connectivity index (χ4v) is 5.94. The van der Waals surface area contributed by atoms with Crippen molar-refractivity contribution in [3.05, 3.63) is 42.1 Å². The zero-order valence-corrected chi connectivity index (χ0v) is 21.9. The summed E-state index contributed by atoms with van der Waals surface area (Å²) in [5.41, 5.74) is 9.74. The minimum Gasteiger partial charge on any atom is -0.394 e. The van der Waals surface area contributed by atoms with E-state index in [4.69, 9.17) is 5.73 Å². The van der Waals surface area contributed by atoms with Gasteiger partial charge < -0.3 is 16.2 Å². The summed E-state index contributed by atoms with van der Waals surface area (Å²) in [7, 11) is 0. The Labute approximate surface area is 217 Å². The summed E-state index contributed by atoms with van der Waals surface area (Å²) in [6.45, 7) is 8.76. The number of pyridine rings is 1. The van der Waals surface area contributed by atoms with Gasteiger partial charge in [-0.25, -0.2) is 4.52 Å². The van der Waals surface area contributed by atoms with Crippen LogP contribution in [0.5, 0.6) is 0 Å². The van der Waals surface area contributed by atoms with Crippen molar-refractivity contribution in [1.82, 2.24) is 29.3 Å². The predicted molar refractivity (Wildman–Crippen MR) is 141 cm³/mol. The van der Waals surface area contributed by atoms with Crippen LogP contribution in [0.1, 0.15) is 36.3 Å². The second-order valence-electron chi connectivity index (χ2n) is 10.2. The molecule has 11 nitrogen and oxygen atoms in total. The summed E-state index contributed by atoms with van der Waals surface area (Å²) in [5, 5.41) is 21.1. The first-order valence-corrected chi connectivity index (χ1v) is 12.9. The maximum absolute atomic E-state index is 12.8. The Morgan fingerprint density at radius 2 is 2.05 bits per heavy atom. The molecule has 0 bridgehead atoms. The fourth-order valence-electron chi connectivity index (χ4n) is 4.75. The van der Waals surface area contributed by atoms with E-state index in [-0.39, 0.29) is 17.9 Å². The largest absolute Gasteiger partial charge is 0.394 e. The number of nitrogens with zero attached hydrogens (tertiary/aromatic N) is 6. The van der Waals surface area contributed by atoms with Crippen molar-refractivity contribution in [1.29, 1.82) is 0 Å². The van der Waals surface area contributed by atoms with E-state index in [0.29, 0.717) is 29.2 Å². The average Bonchev–Trinajstić information content (AvgIpc) is 3.59. The van der Waals surface area contributed by atoms with Gasteiger partial charge in [-0.3, -0.25) is 24.2 Å². The van der Waals surface area contributed by atoms with Crippen LogP contribution in [-0.4, -0.2) is 72.4 Å². The Balaban J connectivity index is 1.52. The maximum Gasteiger partial charge on any atom is 0.253 e. The van der Waals surface area contributed by atoms with E-state index in [1.165, 1.54) is 17.5 Å². The number of rotatable bonds is 8. The standard InChI is InChI=1S/C25H30N8O3S/c1-15-18(8-17(10-27-15)30-20(35)13-31-5-4-25(2,3)14-31)21-22(16-9-28-32(12-16)6-7-34)37-24-19(23(26)36)11-29-33(21)24/h8-12,34H,4-7,13-14H2,1-3H3,(H2,26,36)(H,30,35). The number of carbonyl (C=O) groups excluding carboxylic acids is 2. The molecule has 37 heavy (non-hydrogen) atoms. The van der Waals surface area contributed by atoms with Gasteiger partial charge in [-0.15, -0.1) is 11.3 Å². The van der Waals surface area contributed by atoms with E-state index < -0.39 is 5.91 Å². The zero-order chi connectivity index (χ0) is 26.3. The molecule has 0 atom stereocenters. The number of primary amides is 1. The second kappa shape index (κ2) is 9.69. The smallest absolute Gasteiger partial charge is 0.253 e. The first kappa shape index (κ1) is 25.1. The van der Waals surface area contributed by atoms with Crippen LogP contribution in [0.3, 0.4) is 0 Å². The summed E-state index contributed by atoms with van der Waals surface area (Å²) in [6.07, 6.45) is 7.72. The Kier molecular flexibility index (Phi) is 6.56. The average molecular weight is 523 g/mol. The monoisotopic (exact) mass is 522 g/mol. The van der Waals surface area contributed by atoms with Crippen LogP contribution in [0.2, 0.25) is 0 Å². The van der Waals surface area contributed by atoms with Crippen LogP contribution >= 0.6 is 11.3 Å². The van der Waals surface area contributed by atoms with Crippen molar-refractivity contribution < 1.29 is 14.7 Å². The number of hydrogen-bond donors (Lipinski definition) is 3. The molecule has 4 aromatic rings. The molecule has 194 valence electrons. The molecule has 0 aliphatic carbocycles. The van der Waals surface area contributed by atoms with Crippen molar-refractivity contribution in [3.8, 4) is 21.7 Å². The Bertz CT molecular complexity index is 1480. The Hall–Kier alpha value is -3.61. The second-order valence-corrected chi connectivity index (χ2v) is 11.2. The third-order valence-electron chi connectivity index (χ3n) is 6.59. The molecular weight excluding hydrogens is 492 g/mol. The Morgan fingerprint density at radius 1 is 1.24 bits per heavy atom. The highest BCUT2D eigenvalue weighted by atomic mass is 32.1. The number of aliphatic hydroxyl groups excluding tert-OH is 1. The van der Waals surface area contributed by atoms with Crippen LogP contribution < -0.4 is 11.1 Å². The molecule has 0 unspecified atom stereocenters. The summed E-state index contributed by atoms with van der Waals surface area (Å²) in [6, 6.07) is 1.88. The molecule has 5 heterocycles. The number of nitrogens with two attached hydrogens (primary N) is 1. The summed E-state index contributed by atoms with van der Waals surface area (Å²) >= 11 is 1.38. The van der Waals surface area contributed by atoms with Gasteiger partial charge >= 0.3 is 0 Å². The van der Waals surface area contributed by atoms with E-state index in [1.807, 2.05) is 19.2 Å². The molecule has 0 spiro atoms. The number of nitrogens with one attached hydrogen (secondary N) is 1. The van der Waals surface area contributed by atoms with E-state index in [0.717, 1.165) is 46.9 Å². The van der Waals surface area contributed by atoms with Gasteiger partial charge in [0.25, 0.3) is 5.91 Å². The molecule has 4 N–H and O–H groups in total. The quantitative estimate of drug-likeness (QED) is 0.322. The van der Waals surface area contributed by atoms with Gasteiger partial charge in [0.15, 0.2) is 0 Å². The van der Waals surface area contributed by atoms with Crippen LogP contribution in [0, 0.1) is 12.3 Å². The number of anilines is 1. The summed E-state index contributed by atoms with van der Waals surface area (Å²) in [5.74, 6) is -0.656. The lowest BCUT2D eigenvalue weighted by atomic mass is 9.93. The third-order valence-corrected chi connectivity index (χ3v) is 7.81. The molecule has 1 aliphatic rings. The lowest BCUT2D eigenvalue weighted by Crippen LogP contribution is -2.32. The minimum atomic E-state index is -0.564. The van der Waals surface area contributed by atoms with Gasteiger partial charge in [0.2, 0.25) is 5.91 Å². The van der Waals surface area contributed by atoms with Crippen molar-refractivity contribution in [2.45, 2.75) is 33.7 Å². The Morgan fingerprint density at radius 3 is 2.76 bits per heavy atom. The van der Waals surface area contributed by atoms with Crippen molar-refractivity contribution in [2.75, 3.05) is 31.6 Å². The van der Waals surface area contributed by atoms with Crippen LogP contribution in [0.15, 0.2) is 30.9 Å². The first-order valence-electron chi connectivity index (χ1n) is 12.1.